The highest BCUT2D eigenvalue weighted by molar-refractivity contribution is 7.10. The second-order valence-corrected chi connectivity index (χ2v) is 6.31. The molecule has 3 rings (SSSR count). The van der Waals surface area contributed by atoms with Gasteiger partial charge in [0.1, 0.15) is 23.0 Å². The van der Waals surface area contributed by atoms with Gasteiger partial charge >= 0.3 is 11.3 Å². The van der Waals surface area contributed by atoms with E-state index in [4.69, 9.17) is 8.83 Å². The summed E-state index contributed by atoms with van der Waals surface area (Å²) in [6, 6.07) is 6.04. The lowest BCUT2D eigenvalue weighted by Crippen LogP contribution is -2.20. The average Bonchev–Trinajstić information content (AvgIpc) is 2.97. The zero-order valence-corrected chi connectivity index (χ0v) is 13.7. The normalized spacial score (nSPS) is 11.1. The Morgan fingerprint density at radius 2 is 1.46 bits per heavy atom. The molecule has 0 unspecified atom stereocenters. The minimum Gasteiger partial charge on any atom is -0.507 e. The molecule has 0 saturated heterocycles. The predicted octanol–water partition coefficient (Wildman–Crippen LogP) is 2.86. The first kappa shape index (κ1) is 16.1. The molecule has 0 radical (unpaired) electrons. The fraction of sp³-hybridized carbons (Fsp3) is 0.176. The summed E-state index contributed by atoms with van der Waals surface area (Å²) in [5.41, 5.74) is -1.78. The largest absolute Gasteiger partial charge is 0.507 e. The monoisotopic (exact) mass is 346 g/mol. The molecule has 2 N–H and O–H groups in total. The standard InChI is InChI=1S/C17H14O6S/c1-8-6-10(18)13(16(20)22-8)15(12-4-3-5-24-12)14-11(19)7-9(2)23-17(14)21/h3-7,15,18-19H,1-2H3. The summed E-state index contributed by atoms with van der Waals surface area (Å²) in [5.74, 6) is -1.11. The highest BCUT2D eigenvalue weighted by Gasteiger charge is 2.31. The van der Waals surface area contributed by atoms with Crippen LogP contribution in [0.2, 0.25) is 0 Å². The molecule has 0 spiro atoms. The van der Waals surface area contributed by atoms with Crippen molar-refractivity contribution >= 4 is 11.3 Å². The maximum atomic E-state index is 12.3. The van der Waals surface area contributed by atoms with Crippen LogP contribution in [0.25, 0.3) is 0 Å². The lowest BCUT2D eigenvalue weighted by molar-refractivity contribution is 0.408. The highest BCUT2D eigenvalue weighted by atomic mass is 32.1. The van der Waals surface area contributed by atoms with E-state index in [-0.39, 0.29) is 34.1 Å². The molecular weight excluding hydrogens is 332 g/mol. The molecule has 124 valence electrons. The van der Waals surface area contributed by atoms with Gasteiger partial charge in [-0.05, 0) is 25.3 Å². The third-order valence-electron chi connectivity index (χ3n) is 3.58. The van der Waals surface area contributed by atoms with Crippen LogP contribution in [0.5, 0.6) is 11.5 Å². The molecule has 0 aromatic carbocycles. The molecule has 3 heterocycles. The van der Waals surface area contributed by atoms with Gasteiger partial charge in [-0.25, -0.2) is 9.59 Å². The van der Waals surface area contributed by atoms with E-state index in [1.807, 2.05) is 0 Å². The van der Waals surface area contributed by atoms with Gasteiger partial charge < -0.3 is 19.0 Å². The quantitative estimate of drug-likeness (QED) is 0.756. The van der Waals surface area contributed by atoms with Gasteiger partial charge in [-0.15, -0.1) is 11.3 Å². The SMILES string of the molecule is Cc1cc(O)c(C(c2cccs2)c2c(O)cc(C)oc2=O)c(=O)o1. The van der Waals surface area contributed by atoms with Crippen LogP contribution >= 0.6 is 11.3 Å². The Hall–Kier alpha value is -2.80. The van der Waals surface area contributed by atoms with Crippen LogP contribution in [0.4, 0.5) is 0 Å². The van der Waals surface area contributed by atoms with Gasteiger partial charge in [0.05, 0.1) is 17.0 Å². The fourth-order valence-corrected chi connectivity index (χ4v) is 3.47. The van der Waals surface area contributed by atoms with Crippen LogP contribution in [-0.4, -0.2) is 10.2 Å². The van der Waals surface area contributed by atoms with E-state index in [9.17, 15) is 19.8 Å². The molecule has 0 aliphatic heterocycles. The van der Waals surface area contributed by atoms with Crippen molar-refractivity contribution in [3.05, 3.63) is 78.0 Å². The molecule has 0 bridgehead atoms. The number of hydrogen-bond donors (Lipinski definition) is 2. The van der Waals surface area contributed by atoms with Gasteiger partial charge in [0.2, 0.25) is 0 Å². The molecule has 7 heteroatoms. The summed E-state index contributed by atoms with van der Waals surface area (Å²) in [6.45, 7) is 3.06. The fourth-order valence-electron chi connectivity index (χ4n) is 2.63. The number of thiophene rings is 1. The van der Waals surface area contributed by atoms with Crippen LogP contribution < -0.4 is 11.3 Å². The Morgan fingerprint density at radius 3 is 1.83 bits per heavy atom. The predicted molar refractivity (Wildman–Crippen MR) is 88.0 cm³/mol. The minimum atomic E-state index is -0.987. The van der Waals surface area contributed by atoms with Gasteiger partial charge in [0.15, 0.2) is 0 Å². The summed E-state index contributed by atoms with van der Waals surface area (Å²) in [4.78, 5) is 25.2. The topological polar surface area (TPSA) is 101 Å². The van der Waals surface area contributed by atoms with Crippen LogP contribution in [0.3, 0.4) is 0 Å². The Morgan fingerprint density at radius 1 is 0.958 bits per heavy atom. The summed E-state index contributed by atoms with van der Waals surface area (Å²) in [5, 5.41) is 22.3. The number of rotatable bonds is 3. The van der Waals surface area contributed by atoms with Gasteiger partial charge in [-0.2, -0.15) is 0 Å². The third kappa shape index (κ3) is 2.74. The molecule has 0 aliphatic carbocycles. The maximum absolute atomic E-state index is 12.3. The Labute approximate surface area is 140 Å². The van der Waals surface area contributed by atoms with Gasteiger partial charge in [0, 0.05) is 17.0 Å². The van der Waals surface area contributed by atoms with Crippen LogP contribution in [-0.2, 0) is 0 Å². The van der Waals surface area contributed by atoms with E-state index < -0.39 is 17.2 Å². The second kappa shape index (κ2) is 6.01. The summed E-state index contributed by atoms with van der Waals surface area (Å²) >= 11 is 1.28. The third-order valence-corrected chi connectivity index (χ3v) is 4.52. The highest BCUT2D eigenvalue weighted by Crippen LogP contribution is 2.39. The van der Waals surface area contributed by atoms with Crippen molar-refractivity contribution in [1.82, 2.24) is 0 Å². The summed E-state index contributed by atoms with van der Waals surface area (Å²) in [6.07, 6.45) is 0. The maximum Gasteiger partial charge on any atom is 0.343 e. The zero-order chi connectivity index (χ0) is 17.4. The average molecular weight is 346 g/mol. The first-order valence-electron chi connectivity index (χ1n) is 7.09. The molecular formula is C17H14O6S. The number of aromatic hydroxyl groups is 2. The van der Waals surface area contributed by atoms with E-state index in [0.717, 1.165) is 0 Å². The van der Waals surface area contributed by atoms with E-state index in [1.165, 1.54) is 37.3 Å². The van der Waals surface area contributed by atoms with E-state index >= 15 is 0 Å². The number of hydrogen-bond acceptors (Lipinski definition) is 7. The van der Waals surface area contributed by atoms with Gasteiger partial charge in [-0.3, -0.25) is 0 Å². The van der Waals surface area contributed by atoms with E-state index in [1.54, 1.807) is 17.5 Å². The summed E-state index contributed by atoms with van der Waals surface area (Å²) < 4.78 is 10.1. The van der Waals surface area contributed by atoms with Crippen molar-refractivity contribution in [3.63, 3.8) is 0 Å². The molecule has 0 aliphatic rings. The number of aryl methyl sites for hydroxylation is 2. The van der Waals surface area contributed by atoms with Crippen molar-refractivity contribution < 1.29 is 19.0 Å². The van der Waals surface area contributed by atoms with Crippen molar-refractivity contribution in [1.29, 1.82) is 0 Å². The lowest BCUT2D eigenvalue weighted by atomic mass is 9.90. The zero-order valence-electron chi connectivity index (χ0n) is 12.9. The second-order valence-electron chi connectivity index (χ2n) is 5.34. The molecule has 0 amide bonds. The molecule has 24 heavy (non-hydrogen) atoms. The van der Waals surface area contributed by atoms with Crippen LogP contribution in [0.15, 0.2) is 48.1 Å². The van der Waals surface area contributed by atoms with Crippen molar-refractivity contribution in [2.75, 3.05) is 0 Å². The Balaban J connectivity index is 2.37. The smallest absolute Gasteiger partial charge is 0.343 e. The van der Waals surface area contributed by atoms with Crippen LogP contribution in [0.1, 0.15) is 33.4 Å². The Bertz CT molecular complexity index is 931. The van der Waals surface area contributed by atoms with Crippen molar-refractivity contribution in [2.24, 2.45) is 0 Å². The van der Waals surface area contributed by atoms with Crippen LogP contribution in [0, 0.1) is 13.8 Å². The van der Waals surface area contributed by atoms with E-state index in [2.05, 4.69) is 0 Å². The van der Waals surface area contributed by atoms with Gasteiger partial charge in [-0.1, -0.05) is 6.07 Å². The molecule has 0 fully saturated rings. The summed E-state index contributed by atoms with van der Waals surface area (Å²) in [7, 11) is 0. The van der Waals surface area contributed by atoms with Crippen molar-refractivity contribution in [3.8, 4) is 11.5 Å². The molecule has 0 atom stereocenters. The first-order valence-corrected chi connectivity index (χ1v) is 7.97. The lowest BCUT2D eigenvalue weighted by Gasteiger charge is -2.16. The minimum absolute atomic E-state index is 0.116. The molecule has 3 aromatic rings. The molecule has 6 nitrogen and oxygen atoms in total. The molecule has 3 aromatic heterocycles. The Kier molecular flexibility index (Phi) is 4.02. The van der Waals surface area contributed by atoms with Crippen molar-refractivity contribution in [2.45, 2.75) is 19.8 Å². The van der Waals surface area contributed by atoms with E-state index in [0.29, 0.717) is 4.88 Å². The first-order chi connectivity index (χ1) is 11.4. The molecule has 0 saturated carbocycles. The van der Waals surface area contributed by atoms with Gasteiger partial charge in [0.25, 0.3) is 0 Å².